The van der Waals surface area contributed by atoms with Crippen molar-refractivity contribution < 1.29 is 15.2 Å². The summed E-state index contributed by atoms with van der Waals surface area (Å²) < 4.78 is 2.11. The van der Waals surface area contributed by atoms with Crippen LogP contribution in [0.1, 0.15) is 16.7 Å². The van der Waals surface area contributed by atoms with E-state index in [1.807, 2.05) is 74.8 Å². The summed E-state index contributed by atoms with van der Waals surface area (Å²) in [7, 11) is 4.01. The van der Waals surface area contributed by atoms with Gasteiger partial charge in [0.05, 0.1) is 17.4 Å². The maximum Gasteiger partial charge on any atom is 0.363 e. The highest BCUT2D eigenvalue weighted by atomic mass is 35.5. The first-order valence-corrected chi connectivity index (χ1v) is 13.2. The second-order valence-corrected chi connectivity index (χ2v) is 10.7. The number of nitrogens with two attached hydrogens (primary N) is 2. The molecular weight excluding hydrogens is 535 g/mol. The number of benzene rings is 3. The van der Waals surface area contributed by atoms with Crippen molar-refractivity contribution in [1.82, 2.24) is 19.4 Å². The molecule has 0 bridgehead atoms. The van der Waals surface area contributed by atoms with E-state index in [1.54, 1.807) is 5.32 Å². The predicted octanol–water partition coefficient (Wildman–Crippen LogP) is 4.47. The van der Waals surface area contributed by atoms with Gasteiger partial charge in [-0.1, -0.05) is 59.6 Å². The van der Waals surface area contributed by atoms with Crippen LogP contribution in [0.25, 0.3) is 21.8 Å². The van der Waals surface area contributed by atoms with Crippen LogP contribution in [-0.2, 0) is 24.3 Å². The van der Waals surface area contributed by atoms with Gasteiger partial charge in [-0.2, -0.15) is 9.97 Å². The first kappa shape index (κ1) is 26.9. The smallest absolute Gasteiger partial charge is 0.363 e. The van der Waals surface area contributed by atoms with Gasteiger partial charge in [0, 0.05) is 45.7 Å². The number of quaternary nitrogens is 1. The van der Waals surface area contributed by atoms with Crippen LogP contribution in [0.2, 0.25) is 10.0 Å². The monoisotopic (exact) mass is 563 g/mol. The second-order valence-electron chi connectivity index (χ2n) is 9.84. The minimum Gasteiger partial charge on any atom is -0.477 e. The summed E-state index contributed by atoms with van der Waals surface area (Å²) in [6.45, 7) is 1.16. The lowest BCUT2D eigenvalue weighted by Crippen LogP contribution is -2.88. The van der Waals surface area contributed by atoms with E-state index in [9.17, 15) is 9.90 Å². The lowest BCUT2D eigenvalue weighted by Gasteiger charge is -2.13. The van der Waals surface area contributed by atoms with E-state index in [0.717, 1.165) is 33.0 Å². The Morgan fingerprint density at radius 1 is 1.03 bits per heavy atom. The van der Waals surface area contributed by atoms with E-state index >= 15 is 0 Å². The molecule has 0 saturated carbocycles. The molecule has 200 valence electrons. The van der Waals surface area contributed by atoms with Gasteiger partial charge in [-0.3, -0.25) is 5.32 Å². The number of carboxylic acids is 1. The van der Waals surface area contributed by atoms with Gasteiger partial charge in [0.1, 0.15) is 5.82 Å². The fourth-order valence-electron chi connectivity index (χ4n) is 4.93. The van der Waals surface area contributed by atoms with Crippen molar-refractivity contribution in [2.45, 2.75) is 25.6 Å². The van der Waals surface area contributed by atoms with Crippen molar-refractivity contribution in [2.75, 3.05) is 19.8 Å². The number of aliphatic carboxylic acids is 1. The van der Waals surface area contributed by atoms with Crippen LogP contribution < -0.4 is 11.1 Å². The average molecular weight is 564 g/mol. The van der Waals surface area contributed by atoms with Crippen LogP contribution in [0.5, 0.6) is 0 Å². The summed E-state index contributed by atoms with van der Waals surface area (Å²) in [4.78, 5) is 23.4. The molecule has 5 N–H and O–H groups in total. The maximum atomic E-state index is 12.0. The molecule has 3 aromatic carbocycles. The molecule has 5 aromatic rings. The van der Waals surface area contributed by atoms with Crippen LogP contribution in [0.15, 0.2) is 66.9 Å². The summed E-state index contributed by atoms with van der Waals surface area (Å²) >= 11 is 13.0. The van der Waals surface area contributed by atoms with E-state index in [4.69, 9.17) is 33.9 Å². The number of rotatable bonds is 9. The van der Waals surface area contributed by atoms with E-state index in [-0.39, 0.29) is 0 Å². The van der Waals surface area contributed by atoms with Crippen LogP contribution in [0.4, 0.5) is 11.8 Å². The number of nitrogen functional groups attached to an aromatic ring is 1. The summed E-state index contributed by atoms with van der Waals surface area (Å²) in [5, 5.41) is 14.3. The molecule has 0 fully saturated rings. The quantitative estimate of drug-likeness (QED) is 0.244. The number of halogens is 2. The van der Waals surface area contributed by atoms with Gasteiger partial charge < -0.3 is 20.3 Å². The number of carboxylic acid groups (broad SMARTS) is 1. The van der Waals surface area contributed by atoms with E-state index in [0.29, 0.717) is 46.8 Å². The van der Waals surface area contributed by atoms with Crippen molar-refractivity contribution in [3.05, 3.63) is 93.6 Å². The third kappa shape index (κ3) is 5.69. The standard InChI is InChI=1S/C29H28Cl2N6O2/c1-36(2)14-18-15-37(16-19-20(30)9-6-10-21(19)31)24-12-11-22-26(25(18)24)27(32)35-29(33-22)34-23(28(38)39)13-17-7-4-3-5-8-17/h3-12,15,23H,13-14,16H2,1-2H3,(H,38,39)(H3,32,33,34,35)/p+1/t23-/m0/s1. The number of anilines is 1. The van der Waals surface area contributed by atoms with E-state index in [1.165, 1.54) is 0 Å². The van der Waals surface area contributed by atoms with Crippen LogP contribution >= 0.6 is 23.2 Å². The SMILES string of the molecule is CN(C)Cc1cn(Cc2c(Cl)cccc2Cl)c2ccc3nc([NH2+][C@@H](Cc4ccccc4)C(=O)O)nc(N)c3c12. The molecule has 0 radical (unpaired) electrons. The molecule has 2 aromatic heterocycles. The fraction of sp³-hybridized carbons (Fsp3) is 0.207. The number of fused-ring (bicyclic) bond motifs is 3. The van der Waals surface area contributed by atoms with Crippen LogP contribution in [0.3, 0.4) is 0 Å². The molecule has 0 spiro atoms. The van der Waals surface area contributed by atoms with Crippen LogP contribution in [0, 0.1) is 0 Å². The Hall–Kier alpha value is -3.69. The van der Waals surface area contributed by atoms with Crippen molar-refractivity contribution in [3.8, 4) is 0 Å². The predicted molar refractivity (Wildman–Crippen MR) is 156 cm³/mol. The van der Waals surface area contributed by atoms with Gasteiger partial charge in [-0.05, 0) is 49.5 Å². The largest absolute Gasteiger partial charge is 0.477 e. The Morgan fingerprint density at radius 2 is 1.74 bits per heavy atom. The van der Waals surface area contributed by atoms with Gasteiger partial charge >= 0.3 is 11.9 Å². The van der Waals surface area contributed by atoms with Gasteiger partial charge in [0.15, 0.2) is 6.04 Å². The maximum absolute atomic E-state index is 12.0. The molecule has 0 amide bonds. The molecule has 1 atom stereocenters. The van der Waals surface area contributed by atoms with Crippen molar-refractivity contribution in [1.29, 1.82) is 0 Å². The molecule has 0 aliphatic carbocycles. The Balaban J connectivity index is 1.58. The van der Waals surface area contributed by atoms with Gasteiger partial charge in [0.25, 0.3) is 0 Å². The lowest BCUT2D eigenvalue weighted by molar-refractivity contribution is -0.605. The van der Waals surface area contributed by atoms with Crippen molar-refractivity contribution in [3.63, 3.8) is 0 Å². The molecule has 0 saturated heterocycles. The molecule has 2 heterocycles. The number of hydrogen-bond donors (Lipinski definition) is 3. The summed E-state index contributed by atoms with van der Waals surface area (Å²) in [6, 6.07) is 18.1. The Bertz CT molecular complexity index is 1650. The summed E-state index contributed by atoms with van der Waals surface area (Å²) in [5.41, 5.74) is 11.0. The van der Waals surface area contributed by atoms with Crippen LogP contribution in [-0.4, -0.2) is 50.6 Å². The third-order valence-corrected chi connectivity index (χ3v) is 7.38. The molecule has 8 nitrogen and oxygen atoms in total. The number of hydrogen-bond acceptors (Lipinski definition) is 5. The van der Waals surface area contributed by atoms with E-state index in [2.05, 4.69) is 20.6 Å². The highest BCUT2D eigenvalue weighted by Crippen LogP contribution is 2.34. The first-order chi connectivity index (χ1) is 18.7. The average Bonchev–Trinajstić information content (AvgIpc) is 3.22. The first-order valence-electron chi connectivity index (χ1n) is 12.5. The topological polar surface area (TPSA) is 114 Å². The highest BCUT2D eigenvalue weighted by Gasteiger charge is 2.25. The Kier molecular flexibility index (Phi) is 7.72. The molecule has 0 aliphatic rings. The molecule has 39 heavy (non-hydrogen) atoms. The Labute approximate surface area is 236 Å². The Morgan fingerprint density at radius 3 is 2.41 bits per heavy atom. The van der Waals surface area contributed by atoms with Crippen molar-refractivity contribution in [2.24, 2.45) is 0 Å². The third-order valence-electron chi connectivity index (χ3n) is 6.67. The minimum atomic E-state index is -0.944. The molecular formula is C29H29Cl2N6O2+. The van der Waals surface area contributed by atoms with Crippen molar-refractivity contribution >= 4 is 62.7 Å². The zero-order valence-electron chi connectivity index (χ0n) is 21.6. The number of nitrogens with zero attached hydrogens (tertiary/aromatic N) is 4. The number of carbonyl (C=O) groups is 1. The number of aromatic nitrogens is 3. The normalized spacial score (nSPS) is 12.4. The van der Waals surface area contributed by atoms with Gasteiger partial charge in [-0.15, -0.1) is 0 Å². The molecule has 0 aliphatic heterocycles. The summed E-state index contributed by atoms with van der Waals surface area (Å²) in [5.74, 6) is -0.353. The van der Waals surface area contributed by atoms with Gasteiger partial charge in [0.2, 0.25) is 0 Å². The molecule has 5 rings (SSSR count). The zero-order valence-corrected chi connectivity index (χ0v) is 23.1. The lowest BCUT2D eigenvalue weighted by atomic mass is 10.1. The second kappa shape index (κ2) is 11.2. The highest BCUT2D eigenvalue weighted by molar-refractivity contribution is 6.36. The zero-order chi connectivity index (χ0) is 27.7. The molecule has 0 unspecified atom stereocenters. The van der Waals surface area contributed by atoms with Gasteiger partial charge in [-0.25, -0.2) is 4.79 Å². The van der Waals surface area contributed by atoms with E-state index < -0.39 is 12.0 Å². The minimum absolute atomic E-state index is 0.291. The summed E-state index contributed by atoms with van der Waals surface area (Å²) in [6.07, 6.45) is 2.42. The fourth-order valence-corrected chi connectivity index (χ4v) is 5.45. The molecule has 10 heteroatoms.